The zero-order valence-corrected chi connectivity index (χ0v) is 64.8. The van der Waals surface area contributed by atoms with Crippen LogP contribution in [0.1, 0.15) is 68.6 Å². The van der Waals surface area contributed by atoms with Gasteiger partial charge in [0, 0.05) is 91.8 Å². The largest absolute Gasteiger partial charge is 0.394 e. The normalized spacial score (nSPS) is 12.2. The average molecular weight is 2200 g/mol. The fourth-order valence-electron chi connectivity index (χ4n) is 7.76. The van der Waals surface area contributed by atoms with Crippen LogP contribution in [-0.2, 0) is 14.4 Å². The zero-order valence-electron chi connectivity index (χ0n) is 45.4. The van der Waals surface area contributed by atoms with E-state index < -0.39 is 111 Å². The quantitative estimate of drug-likeness (QED) is 0.0459. The van der Waals surface area contributed by atoms with Gasteiger partial charge in [-0.2, -0.15) is 0 Å². The summed E-state index contributed by atoms with van der Waals surface area (Å²) in [6.45, 7) is -6.70. The fraction of sp³-hybridized carbons (Fsp3) is 0.449. The molecule has 0 aromatic heterocycles. The monoisotopic (exact) mass is 2200 g/mol. The highest BCUT2D eigenvalue weighted by Gasteiger charge is 2.36. The summed E-state index contributed by atoms with van der Waals surface area (Å²) < 4.78 is 1.39. The second-order valence-corrected chi connectivity index (χ2v) is 28.2. The highest BCUT2D eigenvalue weighted by molar-refractivity contribution is 14.1. The second kappa shape index (κ2) is 36.4. The summed E-state index contributed by atoms with van der Waals surface area (Å²) in [5.41, 5.74) is -0.394. The van der Waals surface area contributed by atoms with Crippen molar-refractivity contribution in [1.82, 2.24) is 29.4 Å². The molecule has 9 amide bonds. The molecule has 0 aliphatic heterocycles. The highest BCUT2D eigenvalue weighted by atomic mass is 127. The first kappa shape index (κ1) is 78.3. The van der Waals surface area contributed by atoms with Gasteiger partial charge < -0.3 is 91.3 Å². The first-order valence-electron chi connectivity index (χ1n) is 24.5. The lowest BCUT2D eigenvalue weighted by atomic mass is 10.1. The molecule has 85 heavy (non-hydrogen) atoms. The van der Waals surface area contributed by atoms with Gasteiger partial charge in [0.05, 0.1) is 110 Å². The van der Waals surface area contributed by atoms with Crippen molar-refractivity contribution >= 4 is 274 Å². The molecular weight excluding hydrogens is 2140 g/mol. The Morgan fingerprint density at radius 1 is 0.341 bits per heavy atom. The third-order valence-corrected chi connectivity index (χ3v) is 21.9. The molecule has 0 fully saturated rings. The van der Waals surface area contributed by atoms with Crippen LogP contribution in [0.15, 0.2) is 0 Å². The molecule has 27 nitrogen and oxygen atoms in total. The maximum atomic E-state index is 15.5. The number of carbonyl (C=O) groups is 9. The highest BCUT2D eigenvalue weighted by Crippen LogP contribution is 2.40. The van der Waals surface area contributed by atoms with Gasteiger partial charge in [0.25, 0.3) is 35.4 Å². The van der Waals surface area contributed by atoms with Crippen molar-refractivity contribution in [3.05, 3.63) is 65.5 Å². The van der Waals surface area contributed by atoms with Gasteiger partial charge >= 0.3 is 0 Å². The Morgan fingerprint density at radius 2 is 0.576 bits per heavy atom. The number of likely N-dealkylation sites (N-methyl/N-ethyl adjacent to an activating group) is 4. The van der Waals surface area contributed by atoms with Crippen molar-refractivity contribution in [3.8, 4) is 0 Å². The predicted octanol–water partition coefficient (Wildman–Crippen LogP) is 1.57. The minimum absolute atomic E-state index is 0.00511. The summed E-state index contributed by atoms with van der Waals surface area (Å²) in [5, 5.41) is 96.0. The predicted molar refractivity (Wildman–Crippen MR) is 386 cm³/mol. The maximum absolute atomic E-state index is 15.5. The van der Waals surface area contributed by atoms with Gasteiger partial charge in [-0.05, 0) is 210 Å². The van der Waals surface area contributed by atoms with E-state index in [1.54, 1.807) is 45.2 Å². The van der Waals surface area contributed by atoms with Gasteiger partial charge in [-0.25, -0.2) is 0 Å². The van der Waals surface area contributed by atoms with Crippen molar-refractivity contribution in [2.24, 2.45) is 0 Å². The first-order chi connectivity index (χ1) is 39.7. The van der Waals surface area contributed by atoms with Gasteiger partial charge in [-0.3, -0.25) is 43.2 Å². The molecule has 0 bridgehead atoms. The van der Waals surface area contributed by atoms with E-state index in [9.17, 15) is 84.3 Å². The topological polar surface area (TPSA) is 391 Å². The number of hydrogen-bond acceptors (Lipinski definition) is 18. The third kappa shape index (κ3) is 19.8. The number of aliphatic hydroxyl groups is 9. The van der Waals surface area contributed by atoms with Crippen molar-refractivity contribution in [3.63, 3.8) is 0 Å². The molecule has 0 saturated carbocycles. The SMILES string of the molecule is CN(CCCN(CCN(C)C(=O)c1c(I)c(NC(=O)CO)c(I)c(C(=O)N(C)CC(O)CO)c1I)C(=O)c1c(I)c(NC(=O)CO)c(I)c(C(=O)N(C)CC(O)CO)c1I)C(=O)c1c(I)c(NC(=O)CO)c(I)c(C(=O)N(C)CC(O)CO)c1I. The van der Waals surface area contributed by atoms with Crippen LogP contribution in [-0.4, -0.2) is 268 Å². The molecule has 36 heteroatoms. The summed E-state index contributed by atoms with van der Waals surface area (Å²) in [6.07, 6.45) is -3.99. The number of amides is 9. The molecule has 0 spiro atoms. The van der Waals surface area contributed by atoms with Crippen LogP contribution in [0.2, 0.25) is 0 Å². The zero-order chi connectivity index (χ0) is 64.8. The molecule has 0 saturated heterocycles. The van der Waals surface area contributed by atoms with Gasteiger partial charge in [0.2, 0.25) is 17.7 Å². The Morgan fingerprint density at radius 3 is 0.824 bits per heavy atom. The Balaban J connectivity index is 2.31. The molecule has 0 heterocycles. The number of benzene rings is 3. The molecule has 0 radical (unpaired) electrons. The van der Waals surface area contributed by atoms with Crippen LogP contribution in [0.3, 0.4) is 0 Å². The Kier molecular flexibility index (Phi) is 33.5. The average Bonchev–Trinajstić information content (AvgIpc) is 1.14. The molecule has 3 rings (SSSR count). The van der Waals surface area contributed by atoms with Crippen LogP contribution in [0, 0.1) is 32.1 Å². The molecule has 0 aliphatic carbocycles. The number of carbonyl (C=O) groups excluding carboxylic acids is 9. The Labute approximate surface area is 610 Å². The van der Waals surface area contributed by atoms with E-state index in [-0.39, 0.29) is 135 Å². The lowest BCUT2D eigenvalue weighted by molar-refractivity contribution is -0.119. The van der Waals surface area contributed by atoms with E-state index in [4.69, 9.17) is 0 Å². The number of nitrogens with zero attached hydrogens (tertiary/aromatic N) is 6. The van der Waals surface area contributed by atoms with Crippen LogP contribution in [0.5, 0.6) is 0 Å². The number of hydrogen-bond donors (Lipinski definition) is 12. The molecule has 3 unspecified atom stereocenters. The molecule has 0 aliphatic rings. The lowest BCUT2D eigenvalue weighted by Gasteiger charge is -2.30. The van der Waals surface area contributed by atoms with Crippen molar-refractivity contribution < 1.29 is 89.1 Å². The summed E-state index contributed by atoms with van der Waals surface area (Å²) >= 11 is 16.4. The van der Waals surface area contributed by atoms with Crippen molar-refractivity contribution in [1.29, 1.82) is 0 Å². The minimum atomic E-state index is -1.35. The minimum Gasteiger partial charge on any atom is -0.394 e. The smallest absolute Gasteiger partial charge is 0.256 e. The van der Waals surface area contributed by atoms with Crippen LogP contribution >= 0.6 is 203 Å². The molecular formula is C49H58I9N9O18. The lowest BCUT2D eigenvalue weighted by Crippen LogP contribution is -2.42. The van der Waals surface area contributed by atoms with E-state index in [2.05, 4.69) is 16.0 Å². The van der Waals surface area contributed by atoms with Gasteiger partial charge in [0.15, 0.2) is 0 Å². The van der Waals surface area contributed by atoms with Gasteiger partial charge in [0.1, 0.15) is 19.8 Å². The van der Waals surface area contributed by atoms with E-state index in [0.29, 0.717) is 0 Å². The van der Waals surface area contributed by atoms with E-state index >= 15 is 4.79 Å². The van der Waals surface area contributed by atoms with Crippen LogP contribution in [0.25, 0.3) is 0 Å². The van der Waals surface area contributed by atoms with Crippen molar-refractivity contribution in [2.75, 3.05) is 137 Å². The van der Waals surface area contributed by atoms with Gasteiger partial charge in [-0.1, -0.05) is 0 Å². The maximum Gasteiger partial charge on any atom is 0.256 e. The molecule has 3 aromatic carbocycles. The Bertz CT molecular complexity index is 3080. The summed E-state index contributed by atoms with van der Waals surface area (Å²) in [6, 6.07) is 0. The molecule has 3 aromatic rings. The summed E-state index contributed by atoms with van der Waals surface area (Å²) in [4.78, 5) is 133. The summed E-state index contributed by atoms with van der Waals surface area (Å²) in [7, 11) is 6.92. The Hall–Kier alpha value is -0.900. The third-order valence-electron chi connectivity index (χ3n) is 12.2. The van der Waals surface area contributed by atoms with Crippen LogP contribution in [0.4, 0.5) is 17.1 Å². The van der Waals surface area contributed by atoms with E-state index in [1.807, 2.05) is 158 Å². The molecule has 470 valence electrons. The number of aliphatic hydroxyl groups excluding tert-OH is 9. The summed E-state index contributed by atoms with van der Waals surface area (Å²) in [5.74, 6) is -6.86. The standard InChI is InChI=1S/C49H58I9N9O18/c1-62(44(80)26-32(50)28(46(82)64(3)11-20(74)14-68)37(55)41(35(26)53)59-23(77)17-71)7-6-8-67(49(85)31-34(52)30(48(84)66(5)13-22(76)16-70)39(57)43(40(31)58)61-25(79)19-73)10-9-63(2)45(81)27-33(51)29(47(83)65(4)12-21(75)15-69)38(56)42(36(27)54)60-24(78)18-72/h20-22,68-76H,6-19H2,1-5H3,(H,59,77)(H,60,78)(H,61,79). The number of rotatable bonds is 28. The molecule has 12 N–H and O–H groups in total. The first-order valence-corrected chi connectivity index (χ1v) is 34.2. The van der Waals surface area contributed by atoms with Crippen LogP contribution < -0.4 is 16.0 Å². The number of halogens is 9. The second-order valence-electron chi connectivity index (χ2n) is 18.5. The fourth-order valence-corrected chi connectivity index (χ4v) is 20.8. The van der Waals surface area contributed by atoms with Crippen molar-refractivity contribution in [2.45, 2.75) is 24.7 Å². The molecule has 3 atom stereocenters. The number of nitrogens with one attached hydrogen (secondary N) is 3. The number of anilines is 3. The van der Waals surface area contributed by atoms with E-state index in [1.165, 1.54) is 49.9 Å². The van der Waals surface area contributed by atoms with Gasteiger partial charge in [-0.15, -0.1) is 0 Å². The van der Waals surface area contributed by atoms with E-state index in [0.717, 1.165) is 14.7 Å².